The summed E-state index contributed by atoms with van der Waals surface area (Å²) < 4.78 is 5.44. The molecule has 2 N–H and O–H groups in total. The number of halogens is 1. The van der Waals surface area contributed by atoms with Gasteiger partial charge in [-0.1, -0.05) is 17.7 Å². The average Bonchev–Trinajstić information content (AvgIpc) is 2.38. The highest BCUT2D eigenvalue weighted by molar-refractivity contribution is 6.31. The number of amides is 1. The van der Waals surface area contributed by atoms with Crippen LogP contribution in [0, 0.1) is 6.92 Å². The van der Waals surface area contributed by atoms with E-state index in [2.05, 4.69) is 5.32 Å². The smallest absolute Gasteiger partial charge is 0.303 e. The third-order valence-electron chi connectivity index (χ3n) is 3.02. The molecular formula is C15H20ClNO4. The van der Waals surface area contributed by atoms with Gasteiger partial charge in [-0.3, -0.25) is 9.59 Å². The van der Waals surface area contributed by atoms with Gasteiger partial charge in [0, 0.05) is 22.5 Å². The zero-order chi connectivity index (χ0) is 16.0. The van der Waals surface area contributed by atoms with Crippen molar-refractivity contribution in [1.29, 1.82) is 0 Å². The molecule has 0 aromatic heterocycles. The zero-order valence-corrected chi connectivity index (χ0v) is 13.2. The summed E-state index contributed by atoms with van der Waals surface area (Å²) in [5.41, 5.74) is 0.180. The highest BCUT2D eigenvalue weighted by Crippen LogP contribution is 2.24. The highest BCUT2D eigenvalue weighted by atomic mass is 35.5. The van der Waals surface area contributed by atoms with Gasteiger partial charge in [0.25, 0.3) is 5.91 Å². The van der Waals surface area contributed by atoms with E-state index in [1.54, 1.807) is 32.0 Å². The van der Waals surface area contributed by atoms with Crippen molar-refractivity contribution in [3.05, 3.63) is 28.8 Å². The van der Waals surface area contributed by atoms with Crippen LogP contribution in [0.2, 0.25) is 5.02 Å². The molecule has 0 aliphatic heterocycles. The van der Waals surface area contributed by atoms with Gasteiger partial charge < -0.3 is 15.2 Å². The van der Waals surface area contributed by atoms with Crippen molar-refractivity contribution >= 4 is 23.5 Å². The van der Waals surface area contributed by atoms with Crippen molar-refractivity contribution in [2.75, 3.05) is 6.61 Å². The first-order valence-corrected chi connectivity index (χ1v) is 7.00. The Balaban J connectivity index is 2.50. The fourth-order valence-corrected chi connectivity index (χ4v) is 1.95. The lowest BCUT2D eigenvalue weighted by atomic mass is 9.98. The number of benzene rings is 1. The summed E-state index contributed by atoms with van der Waals surface area (Å²) in [6.07, 6.45) is 0.353. The molecule has 0 saturated carbocycles. The van der Waals surface area contributed by atoms with Crippen LogP contribution < -0.4 is 10.1 Å². The predicted molar refractivity (Wildman–Crippen MR) is 80.8 cm³/mol. The number of carboxylic acid groups (broad SMARTS) is 1. The van der Waals surface area contributed by atoms with Crippen LogP contribution in [0.3, 0.4) is 0 Å². The molecule has 0 fully saturated rings. The van der Waals surface area contributed by atoms with Crippen molar-refractivity contribution in [3.8, 4) is 5.75 Å². The van der Waals surface area contributed by atoms with Gasteiger partial charge in [0.15, 0.2) is 6.61 Å². The lowest BCUT2D eigenvalue weighted by molar-refractivity contribution is -0.138. The fourth-order valence-electron chi connectivity index (χ4n) is 1.78. The van der Waals surface area contributed by atoms with Gasteiger partial charge in [-0.25, -0.2) is 0 Å². The van der Waals surface area contributed by atoms with Crippen LogP contribution >= 0.6 is 11.6 Å². The van der Waals surface area contributed by atoms with Crippen LogP contribution in [0.1, 0.15) is 32.3 Å². The van der Waals surface area contributed by atoms with Crippen LogP contribution in [0.15, 0.2) is 18.2 Å². The van der Waals surface area contributed by atoms with Crippen molar-refractivity contribution in [2.45, 2.75) is 39.2 Å². The van der Waals surface area contributed by atoms with E-state index in [-0.39, 0.29) is 18.9 Å². The average molecular weight is 314 g/mol. The molecule has 5 nitrogen and oxygen atoms in total. The first-order chi connectivity index (χ1) is 9.71. The second kappa shape index (κ2) is 7.31. The monoisotopic (exact) mass is 313 g/mol. The number of carboxylic acids is 1. The molecule has 0 saturated heterocycles. The molecule has 0 unspecified atom stereocenters. The molecule has 0 atom stereocenters. The van der Waals surface area contributed by atoms with E-state index in [4.69, 9.17) is 21.4 Å². The number of rotatable bonds is 7. The Morgan fingerprint density at radius 1 is 1.38 bits per heavy atom. The number of ether oxygens (including phenoxy) is 1. The summed E-state index contributed by atoms with van der Waals surface area (Å²) >= 11 is 5.97. The van der Waals surface area contributed by atoms with Gasteiger partial charge >= 0.3 is 5.97 Å². The Morgan fingerprint density at radius 2 is 2.05 bits per heavy atom. The number of aliphatic carboxylic acids is 1. The maximum absolute atomic E-state index is 11.9. The molecule has 116 valence electrons. The summed E-state index contributed by atoms with van der Waals surface area (Å²) in [5.74, 6) is -0.631. The first-order valence-electron chi connectivity index (χ1n) is 6.62. The van der Waals surface area contributed by atoms with Crippen LogP contribution in [0.4, 0.5) is 0 Å². The third kappa shape index (κ3) is 6.04. The van der Waals surface area contributed by atoms with Crippen molar-refractivity contribution < 1.29 is 19.4 Å². The normalized spacial score (nSPS) is 11.0. The molecule has 1 aromatic carbocycles. The molecule has 1 amide bonds. The lowest BCUT2D eigenvalue weighted by Gasteiger charge is -2.25. The number of carbonyl (C=O) groups excluding carboxylic acids is 1. The first kappa shape index (κ1) is 17.3. The minimum Gasteiger partial charge on any atom is -0.483 e. The van der Waals surface area contributed by atoms with E-state index in [0.717, 1.165) is 5.56 Å². The Kier molecular flexibility index (Phi) is 6.03. The van der Waals surface area contributed by atoms with Crippen molar-refractivity contribution in [3.63, 3.8) is 0 Å². The van der Waals surface area contributed by atoms with E-state index in [9.17, 15) is 9.59 Å². The maximum Gasteiger partial charge on any atom is 0.303 e. The number of carbonyl (C=O) groups is 2. The van der Waals surface area contributed by atoms with Crippen molar-refractivity contribution in [2.24, 2.45) is 0 Å². The Hall–Kier alpha value is -1.75. The molecular weight excluding hydrogens is 294 g/mol. The molecule has 0 aliphatic rings. The third-order valence-corrected chi connectivity index (χ3v) is 3.43. The Labute approximate surface area is 129 Å². The molecule has 6 heteroatoms. The minimum absolute atomic E-state index is 0.00153. The minimum atomic E-state index is -0.886. The molecule has 1 rings (SSSR count). The topological polar surface area (TPSA) is 75.6 Å². The number of nitrogens with one attached hydrogen (secondary N) is 1. The van der Waals surface area contributed by atoms with Gasteiger partial charge in [-0.2, -0.15) is 0 Å². The summed E-state index contributed by atoms with van der Waals surface area (Å²) in [4.78, 5) is 22.4. The van der Waals surface area contributed by atoms with Crippen LogP contribution in [-0.2, 0) is 9.59 Å². The van der Waals surface area contributed by atoms with E-state index >= 15 is 0 Å². The summed E-state index contributed by atoms with van der Waals surface area (Å²) in [7, 11) is 0. The SMILES string of the molecule is Cc1c(Cl)cccc1OCC(=O)NC(C)(C)CCC(=O)O. The Bertz CT molecular complexity index is 528. The number of hydrogen-bond acceptors (Lipinski definition) is 3. The van der Waals surface area contributed by atoms with Crippen LogP contribution in [0.25, 0.3) is 0 Å². The van der Waals surface area contributed by atoms with Gasteiger partial charge in [0.2, 0.25) is 0 Å². The quantitative estimate of drug-likeness (QED) is 0.811. The van der Waals surface area contributed by atoms with E-state index in [1.807, 2.05) is 6.92 Å². The summed E-state index contributed by atoms with van der Waals surface area (Å²) in [6.45, 7) is 5.22. The molecule has 0 heterocycles. The predicted octanol–water partition coefficient (Wildman–Crippen LogP) is 2.79. The molecule has 21 heavy (non-hydrogen) atoms. The second-order valence-corrected chi connectivity index (χ2v) is 5.88. The molecule has 1 aromatic rings. The summed E-state index contributed by atoms with van der Waals surface area (Å²) in [6, 6.07) is 5.24. The molecule has 0 spiro atoms. The van der Waals surface area contributed by atoms with Crippen molar-refractivity contribution in [1.82, 2.24) is 5.32 Å². The van der Waals surface area contributed by atoms with E-state index < -0.39 is 11.5 Å². The number of hydrogen-bond donors (Lipinski definition) is 2. The summed E-state index contributed by atoms with van der Waals surface area (Å²) in [5, 5.41) is 12.0. The fraction of sp³-hybridized carbons (Fsp3) is 0.467. The zero-order valence-electron chi connectivity index (χ0n) is 12.4. The van der Waals surface area contributed by atoms with Gasteiger partial charge in [0.05, 0.1) is 0 Å². The molecule has 0 bridgehead atoms. The van der Waals surface area contributed by atoms with Gasteiger partial charge in [0.1, 0.15) is 5.75 Å². The molecule has 0 aliphatic carbocycles. The molecule has 0 radical (unpaired) electrons. The highest BCUT2D eigenvalue weighted by Gasteiger charge is 2.21. The van der Waals surface area contributed by atoms with E-state index in [1.165, 1.54) is 0 Å². The maximum atomic E-state index is 11.9. The second-order valence-electron chi connectivity index (χ2n) is 5.48. The van der Waals surface area contributed by atoms with Gasteiger partial charge in [-0.15, -0.1) is 0 Å². The lowest BCUT2D eigenvalue weighted by Crippen LogP contribution is -2.45. The Morgan fingerprint density at radius 3 is 2.67 bits per heavy atom. The van der Waals surface area contributed by atoms with Gasteiger partial charge in [-0.05, 0) is 39.3 Å². The standard InChI is InChI=1S/C15H20ClNO4/c1-10-11(16)5-4-6-12(10)21-9-13(18)17-15(2,3)8-7-14(19)20/h4-6H,7-9H2,1-3H3,(H,17,18)(H,19,20). The van der Waals surface area contributed by atoms with Crippen LogP contribution in [0.5, 0.6) is 5.75 Å². The van der Waals surface area contributed by atoms with Crippen LogP contribution in [-0.4, -0.2) is 29.1 Å². The largest absolute Gasteiger partial charge is 0.483 e. The van der Waals surface area contributed by atoms with E-state index in [0.29, 0.717) is 17.2 Å².